The number of ether oxygens (including phenoxy) is 1. The number of carboxylic acid groups (broad SMARTS) is 1. The molecule has 2 aromatic carbocycles. The summed E-state index contributed by atoms with van der Waals surface area (Å²) in [5.41, 5.74) is 0.919. The highest BCUT2D eigenvalue weighted by molar-refractivity contribution is 5.86. The van der Waals surface area contributed by atoms with E-state index in [2.05, 4.69) is 10.6 Å². The fourth-order valence-electron chi connectivity index (χ4n) is 4.50. The summed E-state index contributed by atoms with van der Waals surface area (Å²) in [6.07, 6.45) is -0.795. The maximum absolute atomic E-state index is 14.2. The number of hydrogen-bond acceptors (Lipinski definition) is 6. The number of carbonyl (C=O) groups is 2. The summed E-state index contributed by atoms with van der Waals surface area (Å²) in [7, 11) is 0. The maximum Gasteiger partial charge on any atom is 0.322 e. The van der Waals surface area contributed by atoms with E-state index in [4.69, 9.17) is 9.84 Å². The topological polar surface area (TPSA) is 131 Å². The van der Waals surface area contributed by atoms with Crippen molar-refractivity contribution >= 4 is 11.9 Å². The van der Waals surface area contributed by atoms with E-state index >= 15 is 0 Å². The Morgan fingerprint density at radius 2 is 1.82 bits per heavy atom. The molecule has 3 rings (SSSR count). The minimum atomic E-state index is -1.24. The third-order valence-corrected chi connectivity index (χ3v) is 6.00. The molecule has 34 heavy (non-hydrogen) atoms. The van der Waals surface area contributed by atoms with E-state index in [1.54, 1.807) is 48.5 Å². The molecule has 1 aliphatic heterocycles. The van der Waals surface area contributed by atoms with Crippen LogP contribution < -0.4 is 10.6 Å². The Labute approximate surface area is 196 Å². The highest BCUT2D eigenvalue weighted by atomic mass is 19.1. The minimum absolute atomic E-state index is 0.129. The van der Waals surface area contributed by atoms with Crippen LogP contribution in [0, 0.1) is 27.8 Å². The zero-order valence-corrected chi connectivity index (χ0v) is 18.9. The molecule has 1 amide bonds. The number of nitrogens with zero attached hydrogens (tertiary/aromatic N) is 1. The van der Waals surface area contributed by atoms with Gasteiger partial charge in [0.05, 0.1) is 24.7 Å². The first-order valence-corrected chi connectivity index (χ1v) is 11.0. The van der Waals surface area contributed by atoms with Gasteiger partial charge in [0, 0.05) is 10.5 Å². The molecule has 0 radical (unpaired) electrons. The van der Waals surface area contributed by atoms with Crippen molar-refractivity contribution in [2.45, 2.75) is 44.7 Å². The number of aliphatic carboxylic acids is 1. The van der Waals surface area contributed by atoms with E-state index in [1.165, 1.54) is 6.07 Å². The Hall–Kier alpha value is -3.37. The SMILES string of the molecule is CC(C)[C@H](OCc1ccccc1F)C1C(C(=O)NCC(=O)O)NC(c2ccccc2)C1[N+](=O)[O-]. The van der Waals surface area contributed by atoms with Gasteiger partial charge in [-0.1, -0.05) is 62.4 Å². The summed E-state index contributed by atoms with van der Waals surface area (Å²) in [6.45, 7) is 2.87. The third-order valence-electron chi connectivity index (χ3n) is 6.00. The van der Waals surface area contributed by atoms with Crippen molar-refractivity contribution in [3.63, 3.8) is 0 Å². The fraction of sp³-hybridized carbons (Fsp3) is 0.417. The summed E-state index contributed by atoms with van der Waals surface area (Å²) in [5, 5.41) is 26.7. The molecule has 1 heterocycles. The van der Waals surface area contributed by atoms with Crippen LogP contribution in [0.3, 0.4) is 0 Å². The number of nitro groups is 1. The number of rotatable bonds is 10. The van der Waals surface area contributed by atoms with Crippen molar-refractivity contribution in [1.82, 2.24) is 10.6 Å². The van der Waals surface area contributed by atoms with Crippen LogP contribution in [0.15, 0.2) is 54.6 Å². The first kappa shape index (κ1) is 25.3. The second-order valence-corrected chi connectivity index (χ2v) is 8.61. The van der Waals surface area contributed by atoms with Crippen LogP contribution in [0.5, 0.6) is 0 Å². The average Bonchev–Trinajstić information content (AvgIpc) is 3.20. The zero-order chi connectivity index (χ0) is 24.8. The monoisotopic (exact) mass is 473 g/mol. The lowest BCUT2D eigenvalue weighted by molar-refractivity contribution is -0.535. The quantitative estimate of drug-likeness (QED) is 0.357. The normalized spacial score (nSPS) is 22.9. The number of nitrogens with one attached hydrogen (secondary N) is 2. The Kier molecular flexibility index (Phi) is 8.30. The zero-order valence-electron chi connectivity index (χ0n) is 18.9. The molecular weight excluding hydrogens is 445 g/mol. The van der Waals surface area contributed by atoms with Crippen molar-refractivity contribution in [1.29, 1.82) is 0 Å². The van der Waals surface area contributed by atoms with Gasteiger partial charge in [0.15, 0.2) is 0 Å². The molecule has 2 aromatic rings. The third kappa shape index (κ3) is 5.75. The Balaban J connectivity index is 1.98. The Morgan fingerprint density at radius 1 is 1.18 bits per heavy atom. The largest absolute Gasteiger partial charge is 0.480 e. The standard InChI is InChI=1S/C24H28FN3O6/c1-14(2)23(34-13-16-10-6-7-11-17(16)25)19-21(24(31)26-12-18(29)30)27-20(22(19)28(32)33)15-8-4-3-5-9-15/h3-11,14,19-23,27H,12-13H2,1-2H3,(H,26,31)(H,29,30)/t19?,20?,21?,22?,23-/m0/s1. The summed E-state index contributed by atoms with van der Waals surface area (Å²) < 4.78 is 20.2. The van der Waals surface area contributed by atoms with Crippen molar-refractivity contribution < 1.29 is 28.7 Å². The highest BCUT2D eigenvalue weighted by Crippen LogP contribution is 2.39. The highest BCUT2D eigenvalue weighted by Gasteiger charge is 2.57. The van der Waals surface area contributed by atoms with E-state index < -0.39 is 59.3 Å². The van der Waals surface area contributed by atoms with Gasteiger partial charge in [-0.15, -0.1) is 0 Å². The molecule has 0 aliphatic carbocycles. The van der Waals surface area contributed by atoms with Gasteiger partial charge in [0.1, 0.15) is 18.4 Å². The molecule has 1 aliphatic rings. The Bertz CT molecular complexity index is 1020. The van der Waals surface area contributed by atoms with Crippen molar-refractivity contribution in [3.05, 3.63) is 81.7 Å². The predicted octanol–water partition coefficient (Wildman–Crippen LogP) is 2.54. The van der Waals surface area contributed by atoms with Gasteiger partial charge in [-0.25, -0.2) is 4.39 Å². The summed E-state index contributed by atoms with van der Waals surface area (Å²) in [4.78, 5) is 35.9. The van der Waals surface area contributed by atoms with Crippen LogP contribution in [0.25, 0.3) is 0 Å². The van der Waals surface area contributed by atoms with Crippen LogP contribution in [0.4, 0.5) is 4.39 Å². The van der Waals surface area contributed by atoms with Crippen LogP contribution in [0.2, 0.25) is 0 Å². The molecule has 1 fully saturated rings. The maximum atomic E-state index is 14.2. The van der Waals surface area contributed by atoms with E-state index in [0.717, 1.165) is 0 Å². The van der Waals surface area contributed by atoms with Gasteiger partial charge in [-0.05, 0) is 17.5 Å². The number of carbonyl (C=O) groups excluding carboxylic acids is 1. The van der Waals surface area contributed by atoms with Gasteiger partial charge in [-0.2, -0.15) is 0 Å². The van der Waals surface area contributed by atoms with E-state index in [9.17, 15) is 24.1 Å². The van der Waals surface area contributed by atoms with E-state index in [1.807, 2.05) is 13.8 Å². The molecule has 182 valence electrons. The Morgan fingerprint density at radius 3 is 2.41 bits per heavy atom. The van der Waals surface area contributed by atoms with Crippen LogP contribution in [-0.4, -0.2) is 46.6 Å². The molecule has 0 aromatic heterocycles. The summed E-state index contributed by atoms with van der Waals surface area (Å²) >= 11 is 0. The second kappa shape index (κ2) is 11.2. The first-order valence-electron chi connectivity index (χ1n) is 11.0. The molecule has 10 heteroatoms. The summed E-state index contributed by atoms with van der Waals surface area (Å²) in [6, 6.07) is 11.7. The molecule has 3 N–H and O–H groups in total. The van der Waals surface area contributed by atoms with Crippen LogP contribution >= 0.6 is 0 Å². The number of benzene rings is 2. The molecular formula is C24H28FN3O6. The van der Waals surface area contributed by atoms with Crippen LogP contribution in [-0.2, 0) is 20.9 Å². The molecule has 1 saturated heterocycles. The summed E-state index contributed by atoms with van der Waals surface area (Å²) in [5.74, 6) is -3.56. The van der Waals surface area contributed by atoms with E-state index in [-0.39, 0.29) is 12.5 Å². The number of carboxylic acids is 1. The van der Waals surface area contributed by atoms with Gasteiger partial charge < -0.3 is 15.2 Å². The van der Waals surface area contributed by atoms with Crippen molar-refractivity contribution in [3.8, 4) is 0 Å². The number of halogens is 1. The first-order chi connectivity index (χ1) is 16.2. The average molecular weight is 474 g/mol. The smallest absolute Gasteiger partial charge is 0.322 e. The van der Waals surface area contributed by atoms with Crippen molar-refractivity contribution in [2.24, 2.45) is 11.8 Å². The minimum Gasteiger partial charge on any atom is -0.480 e. The van der Waals surface area contributed by atoms with Crippen molar-refractivity contribution in [2.75, 3.05) is 6.54 Å². The molecule has 0 saturated carbocycles. The molecule has 9 nitrogen and oxygen atoms in total. The predicted molar refractivity (Wildman–Crippen MR) is 121 cm³/mol. The molecule has 5 atom stereocenters. The lowest BCUT2D eigenvalue weighted by Crippen LogP contribution is -2.51. The lowest BCUT2D eigenvalue weighted by atomic mass is 9.82. The van der Waals surface area contributed by atoms with Gasteiger partial charge in [0.25, 0.3) is 0 Å². The second-order valence-electron chi connectivity index (χ2n) is 8.61. The lowest BCUT2D eigenvalue weighted by Gasteiger charge is -2.31. The number of hydrogen-bond donors (Lipinski definition) is 3. The van der Waals surface area contributed by atoms with Gasteiger partial charge in [0.2, 0.25) is 11.9 Å². The van der Waals surface area contributed by atoms with Crippen LogP contribution in [0.1, 0.15) is 31.0 Å². The molecule has 0 spiro atoms. The van der Waals surface area contributed by atoms with E-state index in [0.29, 0.717) is 11.1 Å². The van der Waals surface area contributed by atoms with Gasteiger partial charge in [-0.3, -0.25) is 25.0 Å². The molecule has 4 unspecified atom stereocenters. The molecule has 0 bridgehead atoms. The number of amides is 1. The van der Waals surface area contributed by atoms with Gasteiger partial charge >= 0.3 is 5.97 Å². The fourth-order valence-corrected chi connectivity index (χ4v) is 4.50.